The van der Waals surface area contributed by atoms with Gasteiger partial charge in [0, 0.05) is 24.8 Å². The molecule has 2 aliphatic rings. The van der Waals surface area contributed by atoms with Crippen molar-refractivity contribution in [1.82, 2.24) is 10.2 Å². The number of aryl methyl sites for hydroxylation is 1. The Balaban J connectivity index is 1.79. The highest BCUT2D eigenvalue weighted by atomic mass is 16.2. The van der Waals surface area contributed by atoms with Gasteiger partial charge in [-0.25, -0.2) is 4.79 Å². The summed E-state index contributed by atoms with van der Waals surface area (Å²) < 4.78 is 0. The van der Waals surface area contributed by atoms with Crippen molar-refractivity contribution in [2.75, 3.05) is 24.5 Å². The molecule has 3 amide bonds. The standard InChI is InChI=1S/C15H19N3O2/c1-11-6-7-12-4-2-3-5-13(12)18(11)10-14(19)17-9-8-16-15(17)20/h2-5,11H,6-10H2,1H3,(H,16,20)/t11-/m1/s1. The summed E-state index contributed by atoms with van der Waals surface area (Å²) in [5, 5.41) is 2.67. The lowest BCUT2D eigenvalue weighted by Gasteiger charge is -2.37. The zero-order chi connectivity index (χ0) is 14.1. The van der Waals surface area contributed by atoms with Gasteiger partial charge in [0.25, 0.3) is 0 Å². The molecule has 0 aromatic heterocycles. The Labute approximate surface area is 118 Å². The van der Waals surface area contributed by atoms with Crippen LogP contribution >= 0.6 is 0 Å². The van der Waals surface area contributed by atoms with Crippen molar-refractivity contribution in [2.24, 2.45) is 0 Å². The molecule has 1 atom stereocenters. The summed E-state index contributed by atoms with van der Waals surface area (Å²) in [4.78, 5) is 27.3. The molecule has 2 heterocycles. The number of rotatable bonds is 2. The van der Waals surface area contributed by atoms with Crippen LogP contribution in [0, 0.1) is 0 Å². The van der Waals surface area contributed by atoms with Gasteiger partial charge in [-0.15, -0.1) is 0 Å². The van der Waals surface area contributed by atoms with Crippen molar-refractivity contribution in [3.63, 3.8) is 0 Å². The molecule has 0 bridgehead atoms. The normalized spacial score (nSPS) is 21.6. The Morgan fingerprint density at radius 1 is 1.40 bits per heavy atom. The molecular weight excluding hydrogens is 254 g/mol. The molecule has 0 unspecified atom stereocenters. The second-order valence-electron chi connectivity index (χ2n) is 5.42. The Morgan fingerprint density at radius 3 is 2.95 bits per heavy atom. The molecule has 1 aromatic carbocycles. The molecule has 0 spiro atoms. The maximum atomic E-state index is 12.3. The molecule has 0 radical (unpaired) electrons. The molecule has 1 fully saturated rings. The minimum atomic E-state index is -0.270. The van der Waals surface area contributed by atoms with Crippen LogP contribution in [0.5, 0.6) is 0 Å². The second-order valence-corrected chi connectivity index (χ2v) is 5.42. The molecule has 1 N–H and O–H groups in total. The first-order chi connectivity index (χ1) is 9.66. The molecule has 20 heavy (non-hydrogen) atoms. The SMILES string of the molecule is C[C@@H]1CCc2ccccc2N1CC(=O)N1CCNC1=O. The zero-order valence-corrected chi connectivity index (χ0v) is 11.6. The van der Waals surface area contributed by atoms with Crippen LogP contribution in [0.15, 0.2) is 24.3 Å². The highest BCUT2D eigenvalue weighted by Gasteiger charge is 2.30. The van der Waals surface area contributed by atoms with Gasteiger partial charge in [0.1, 0.15) is 0 Å². The fourth-order valence-electron chi connectivity index (χ4n) is 2.94. The number of carbonyl (C=O) groups is 2. The number of carbonyl (C=O) groups excluding carboxylic acids is 2. The van der Waals surface area contributed by atoms with Gasteiger partial charge in [-0.2, -0.15) is 0 Å². The number of anilines is 1. The number of benzene rings is 1. The first kappa shape index (κ1) is 13.0. The third-order valence-electron chi connectivity index (χ3n) is 4.13. The van der Waals surface area contributed by atoms with Gasteiger partial charge in [0.2, 0.25) is 5.91 Å². The predicted octanol–water partition coefficient (Wildman–Crippen LogP) is 1.38. The lowest BCUT2D eigenvalue weighted by Crippen LogP contribution is -2.46. The second kappa shape index (κ2) is 5.15. The first-order valence-electron chi connectivity index (χ1n) is 7.09. The van der Waals surface area contributed by atoms with Crippen molar-refractivity contribution < 1.29 is 9.59 Å². The number of fused-ring (bicyclic) bond motifs is 1. The number of amides is 3. The van der Waals surface area contributed by atoms with Crippen LogP contribution in [0.1, 0.15) is 18.9 Å². The van der Waals surface area contributed by atoms with E-state index >= 15 is 0 Å². The van der Waals surface area contributed by atoms with E-state index in [1.807, 2.05) is 12.1 Å². The molecule has 5 nitrogen and oxygen atoms in total. The Morgan fingerprint density at radius 2 is 2.20 bits per heavy atom. The molecule has 0 saturated carbocycles. The van der Waals surface area contributed by atoms with E-state index in [4.69, 9.17) is 0 Å². The number of hydrogen-bond acceptors (Lipinski definition) is 3. The number of nitrogens with one attached hydrogen (secondary N) is 1. The van der Waals surface area contributed by atoms with Crippen LogP contribution in [-0.4, -0.2) is 42.5 Å². The van der Waals surface area contributed by atoms with Crippen molar-refractivity contribution >= 4 is 17.6 Å². The maximum absolute atomic E-state index is 12.3. The fourth-order valence-corrected chi connectivity index (χ4v) is 2.94. The monoisotopic (exact) mass is 273 g/mol. The van der Waals surface area contributed by atoms with Crippen molar-refractivity contribution in [2.45, 2.75) is 25.8 Å². The van der Waals surface area contributed by atoms with Crippen LogP contribution in [0.25, 0.3) is 0 Å². The minimum absolute atomic E-state index is 0.122. The van der Waals surface area contributed by atoms with Gasteiger partial charge in [-0.1, -0.05) is 18.2 Å². The predicted molar refractivity (Wildman–Crippen MR) is 76.7 cm³/mol. The summed E-state index contributed by atoms with van der Waals surface area (Å²) in [7, 11) is 0. The summed E-state index contributed by atoms with van der Waals surface area (Å²) >= 11 is 0. The Kier molecular flexibility index (Phi) is 3.34. The summed E-state index contributed by atoms with van der Waals surface area (Å²) in [5.41, 5.74) is 2.41. The van der Waals surface area contributed by atoms with Crippen molar-refractivity contribution in [3.05, 3.63) is 29.8 Å². The van der Waals surface area contributed by atoms with Crippen LogP contribution in [0.4, 0.5) is 10.5 Å². The molecule has 2 aliphatic heterocycles. The quantitative estimate of drug-likeness (QED) is 0.885. The maximum Gasteiger partial charge on any atom is 0.324 e. The highest BCUT2D eigenvalue weighted by Crippen LogP contribution is 2.30. The lowest BCUT2D eigenvalue weighted by atomic mass is 9.96. The van der Waals surface area contributed by atoms with Crippen LogP contribution in [0.2, 0.25) is 0 Å². The average molecular weight is 273 g/mol. The van der Waals surface area contributed by atoms with E-state index in [-0.39, 0.29) is 18.5 Å². The third-order valence-corrected chi connectivity index (χ3v) is 4.13. The van der Waals surface area contributed by atoms with E-state index in [2.05, 4.69) is 29.3 Å². The van der Waals surface area contributed by atoms with E-state index in [0.717, 1.165) is 18.5 Å². The summed E-state index contributed by atoms with van der Waals surface area (Å²) in [6.45, 7) is 3.43. The van der Waals surface area contributed by atoms with Gasteiger partial charge in [0.15, 0.2) is 0 Å². The average Bonchev–Trinajstić information content (AvgIpc) is 2.88. The molecule has 106 valence electrons. The van der Waals surface area contributed by atoms with Crippen LogP contribution in [0.3, 0.4) is 0 Å². The summed E-state index contributed by atoms with van der Waals surface area (Å²) in [6, 6.07) is 8.25. The van der Waals surface area contributed by atoms with Gasteiger partial charge in [-0.05, 0) is 31.4 Å². The van der Waals surface area contributed by atoms with E-state index in [9.17, 15) is 9.59 Å². The van der Waals surface area contributed by atoms with E-state index in [0.29, 0.717) is 19.1 Å². The topological polar surface area (TPSA) is 52.7 Å². The Hall–Kier alpha value is -2.04. The van der Waals surface area contributed by atoms with Gasteiger partial charge in [0.05, 0.1) is 6.54 Å². The van der Waals surface area contributed by atoms with E-state index < -0.39 is 0 Å². The lowest BCUT2D eigenvalue weighted by molar-refractivity contribution is -0.126. The minimum Gasteiger partial charge on any atom is -0.359 e. The third kappa shape index (κ3) is 2.24. The number of para-hydroxylation sites is 1. The first-order valence-corrected chi connectivity index (χ1v) is 7.09. The molecule has 5 heteroatoms. The Bertz CT molecular complexity index is 544. The van der Waals surface area contributed by atoms with Crippen LogP contribution in [-0.2, 0) is 11.2 Å². The van der Waals surface area contributed by atoms with Gasteiger partial charge >= 0.3 is 6.03 Å². The largest absolute Gasteiger partial charge is 0.359 e. The molecule has 3 rings (SSSR count). The summed E-state index contributed by atoms with van der Waals surface area (Å²) in [6.07, 6.45) is 2.09. The van der Waals surface area contributed by atoms with Crippen molar-refractivity contribution in [1.29, 1.82) is 0 Å². The molecular formula is C15H19N3O2. The summed E-state index contributed by atoms with van der Waals surface area (Å²) in [5.74, 6) is -0.122. The van der Waals surface area contributed by atoms with Crippen molar-refractivity contribution in [3.8, 4) is 0 Å². The zero-order valence-electron chi connectivity index (χ0n) is 11.6. The number of imide groups is 1. The fraction of sp³-hybridized carbons (Fsp3) is 0.467. The smallest absolute Gasteiger partial charge is 0.324 e. The van der Waals surface area contributed by atoms with E-state index in [1.54, 1.807) is 0 Å². The van der Waals surface area contributed by atoms with Gasteiger partial charge in [-0.3, -0.25) is 9.69 Å². The molecule has 0 aliphatic carbocycles. The number of nitrogens with zero attached hydrogens (tertiary/aromatic N) is 2. The number of hydrogen-bond donors (Lipinski definition) is 1. The molecule has 1 aromatic rings. The van der Waals surface area contributed by atoms with Crippen LogP contribution < -0.4 is 10.2 Å². The van der Waals surface area contributed by atoms with Gasteiger partial charge < -0.3 is 10.2 Å². The van der Waals surface area contributed by atoms with E-state index in [1.165, 1.54) is 10.5 Å². The number of urea groups is 1. The molecule has 1 saturated heterocycles. The highest BCUT2D eigenvalue weighted by molar-refractivity contribution is 5.98.